The predicted molar refractivity (Wildman–Crippen MR) is 86.1 cm³/mol. The number of aromatic nitrogens is 2. The Bertz CT molecular complexity index is 850. The van der Waals surface area contributed by atoms with Gasteiger partial charge in [0, 0.05) is 19.5 Å². The van der Waals surface area contributed by atoms with Crippen molar-refractivity contribution in [2.45, 2.75) is 38.5 Å². The number of likely N-dealkylation sites (tertiary alicyclic amines) is 1. The number of carbonyl (C=O) groups excluding carboxylic acids is 2. The molecule has 1 aliphatic heterocycles. The molecule has 1 saturated heterocycles. The minimum atomic E-state index is -4.49. The summed E-state index contributed by atoms with van der Waals surface area (Å²) in [6.45, 7) is 1.64. The molecule has 1 fully saturated rings. The second-order valence-electron chi connectivity index (χ2n) is 6.37. The molecule has 2 heterocycles. The summed E-state index contributed by atoms with van der Waals surface area (Å²) in [5.41, 5.74) is 0.153. The van der Waals surface area contributed by atoms with Crippen LogP contribution in [-0.2, 0) is 28.7 Å². The van der Waals surface area contributed by atoms with Crippen LogP contribution in [0.1, 0.15) is 28.9 Å². The van der Waals surface area contributed by atoms with Crippen LogP contribution in [0.5, 0.6) is 0 Å². The number of aryl methyl sites for hydroxylation is 1. The van der Waals surface area contributed by atoms with Crippen LogP contribution >= 0.6 is 0 Å². The van der Waals surface area contributed by atoms with Crippen LogP contribution in [0.3, 0.4) is 0 Å². The molecule has 1 atom stereocenters. The molecule has 0 unspecified atom stereocenters. The van der Waals surface area contributed by atoms with Gasteiger partial charge < -0.3 is 10.2 Å². The van der Waals surface area contributed by atoms with Gasteiger partial charge in [-0.15, -0.1) is 0 Å². The fraction of sp³-hybridized carbons (Fsp3) is 0.412. The van der Waals surface area contributed by atoms with E-state index in [-0.39, 0.29) is 43.3 Å². The van der Waals surface area contributed by atoms with Crippen LogP contribution in [0.4, 0.5) is 13.2 Å². The molecular weight excluding hydrogens is 365 g/mol. The first-order chi connectivity index (χ1) is 12.7. The fourth-order valence-electron chi connectivity index (χ4n) is 3.00. The third-order valence-electron chi connectivity index (χ3n) is 4.34. The van der Waals surface area contributed by atoms with Gasteiger partial charge in [0.2, 0.25) is 11.8 Å². The van der Waals surface area contributed by atoms with Crippen molar-refractivity contribution in [3.63, 3.8) is 0 Å². The van der Waals surface area contributed by atoms with Crippen LogP contribution in [0.2, 0.25) is 0 Å². The maximum atomic E-state index is 13.1. The van der Waals surface area contributed by atoms with Crippen molar-refractivity contribution in [2.24, 2.45) is 0 Å². The molecule has 2 aromatic rings. The average Bonchev–Trinajstić information content (AvgIpc) is 3.13. The molecule has 0 spiro atoms. The molecule has 1 aromatic carbocycles. The van der Waals surface area contributed by atoms with Gasteiger partial charge in [-0.25, -0.2) is 4.63 Å². The zero-order valence-electron chi connectivity index (χ0n) is 14.4. The lowest BCUT2D eigenvalue weighted by molar-refractivity contribution is -0.139. The minimum Gasteiger partial charge on any atom is -0.351 e. The topological polar surface area (TPSA) is 88.3 Å². The number of nitrogens with one attached hydrogen (secondary N) is 1. The van der Waals surface area contributed by atoms with Gasteiger partial charge in [0.1, 0.15) is 11.4 Å². The molecule has 3 rings (SSSR count). The van der Waals surface area contributed by atoms with Gasteiger partial charge in [-0.05, 0) is 18.6 Å². The maximum absolute atomic E-state index is 13.1. The predicted octanol–water partition coefficient (Wildman–Crippen LogP) is 1.86. The molecule has 2 amide bonds. The Hall–Kier alpha value is -2.91. The van der Waals surface area contributed by atoms with E-state index in [1.807, 2.05) is 0 Å². The number of alkyl halides is 3. The lowest BCUT2D eigenvalue weighted by Gasteiger charge is -2.20. The monoisotopic (exact) mass is 382 g/mol. The number of amides is 2. The van der Waals surface area contributed by atoms with Gasteiger partial charge in [-0.2, -0.15) is 13.2 Å². The number of carbonyl (C=O) groups is 2. The Morgan fingerprint density at radius 3 is 2.74 bits per heavy atom. The fourth-order valence-corrected chi connectivity index (χ4v) is 3.00. The minimum absolute atomic E-state index is 0.0228. The number of halogens is 3. The highest BCUT2D eigenvalue weighted by Crippen LogP contribution is 2.32. The van der Waals surface area contributed by atoms with Gasteiger partial charge in [0.25, 0.3) is 0 Å². The van der Waals surface area contributed by atoms with Crippen molar-refractivity contribution >= 4 is 11.8 Å². The molecule has 0 aliphatic carbocycles. The number of rotatable bonds is 5. The van der Waals surface area contributed by atoms with E-state index in [4.69, 9.17) is 0 Å². The van der Waals surface area contributed by atoms with E-state index in [2.05, 4.69) is 20.3 Å². The SMILES string of the molecule is Cc1nonc1CC(=O)N[C@@H]1CC(=O)N(Cc2ccccc2C(F)(F)F)C1. The van der Waals surface area contributed by atoms with E-state index in [0.717, 1.165) is 6.07 Å². The summed E-state index contributed by atoms with van der Waals surface area (Å²) in [6.07, 6.45) is -4.50. The van der Waals surface area contributed by atoms with Gasteiger partial charge in [0.15, 0.2) is 0 Å². The summed E-state index contributed by atoms with van der Waals surface area (Å²) < 4.78 is 43.8. The van der Waals surface area contributed by atoms with Crippen LogP contribution in [0, 0.1) is 6.92 Å². The second-order valence-corrected chi connectivity index (χ2v) is 6.37. The first-order valence-electron chi connectivity index (χ1n) is 8.24. The summed E-state index contributed by atoms with van der Waals surface area (Å²) in [6, 6.07) is 4.68. The van der Waals surface area contributed by atoms with Crippen molar-refractivity contribution in [3.05, 3.63) is 46.8 Å². The number of hydrogen-bond donors (Lipinski definition) is 1. The summed E-state index contributed by atoms with van der Waals surface area (Å²) in [5.74, 6) is -0.666. The van der Waals surface area contributed by atoms with E-state index < -0.39 is 17.8 Å². The molecule has 1 aromatic heterocycles. The lowest BCUT2D eigenvalue weighted by atomic mass is 10.1. The van der Waals surface area contributed by atoms with Crippen molar-refractivity contribution in [1.82, 2.24) is 20.5 Å². The molecule has 0 bridgehead atoms. The molecule has 1 N–H and O–H groups in total. The highest BCUT2D eigenvalue weighted by molar-refractivity contribution is 5.83. The lowest BCUT2D eigenvalue weighted by Crippen LogP contribution is -2.38. The highest BCUT2D eigenvalue weighted by Gasteiger charge is 2.36. The number of hydrogen-bond acceptors (Lipinski definition) is 5. The molecule has 27 heavy (non-hydrogen) atoms. The molecule has 10 heteroatoms. The third-order valence-corrected chi connectivity index (χ3v) is 4.34. The average molecular weight is 382 g/mol. The van der Waals surface area contributed by atoms with Crippen molar-refractivity contribution in [3.8, 4) is 0 Å². The maximum Gasteiger partial charge on any atom is 0.416 e. The molecule has 144 valence electrons. The van der Waals surface area contributed by atoms with Crippen molar-refractivity contribution in [2.75, 3.05) is 6.54 Å². The second kappa shape index (κ2) is 7.37. The van der Waals surface area contributed by atoms with Crippen LogP contribution < -0.4 is 5.32 Å². The van der Waals surface area contributed by atoms with E-state index in [0.29, 0.717) is 11.4 Å². The Labute approximate surface area is 152 Å². The summed E-state index contributed by atoms with van der Waals surface area (Å²) in [4.78, 5) is 25.6. The first-order valence-corrected chi connectivity index (χ1v) is 8.24. The number of benzene rings is 1. The Morgan fingerprint density at radius 2 is 2.07 bits per heavy atom. The Balaban J connectivity index is 1.61. The third kappa shape index (κ3) is 4.44. The first kappa shape index (κ1) is 18.9. The zero-order chi connectivity index (χ0) is 19.6. The van der Waals surface area contributed by atoms with Crippen molar-refractivity contribution in [1.29, 1.82) is 0 Å². The molecule has 1 aliphatic rings. The molecule has 0 saturated carbocycles. The van der Waals surface area contributed by atoms with E-state index in [1.54, 1.807) is 6.92 Å². The van der Waals surface area contributed by atoms with Crippen LogP contribution in [0.15, 0.2) is 28.9 Å². The van der Waals surface area contributed by atoms with Gasteiger partial charge in [-0.3, -0.25) is 9.59 Å². The van der Waals surface area contributed by atoms with Crippen LogP contribution in [-0.4, -0.2) is 39.6 Å². The van der Waals surface area contributed by atoms with Crippen LogP contribution in [0.25, 0.3) is 0 Å². The standard InChI is InChI=1S/C17H17F3N4O3/c1-10-14(23-27-22-10)7-15(25)21-12-6-16(26)24(9-12)8-11-4-2-3-5-13(11)17(18,19)20/h2-5,12H,6-9H2,1H3,(H,21,25)/t12-/m1/s1. The van der Waals surface area contributed by atoms with Gasteiger partial charge in [0.05, 0.1) is 18.0 Å². The van der Waals surface area contributed by atoms with Gasteiger partial charge in [-0.1, -0.05) is 28.5 Å². The Morgan fingerprint density at radius 1 is 1.33 bits per heavy atom. The van der Waals surface area contributed by atoms with E-state index in [1.165, 1.54) is 23.1 Å². The van der Waals surface area contributed by atoms with Gasteiger partial charge >= 0.3 is 6.18 Å². The largest absolute Gasteiger partial charge is 0.416 e. The van der Waals surface area contributed by atoms with E-state index >= 15 is 0 Å². The normalized spacial score (nSPS) is 17.4. The van der Waals surface area contributed by atoms with Crippen molar-refractivity contribution < 1.29 is 27.4 Å². The smallest absolute Gasteiger partial charge is 0.351 e. The number of nitrogens with zero attached hydrogens (tertiary/aromatic N) is 3. The summed E-state index contributed by atoms with van der Waals surface area (Å²) in [5, 5.41) is 9.90. The summed E-state index contributed by atoms with van der Waals surface area (Å²) in [7, 11) is 0. The van der Waals surface area contributed by atoms with E-state index in [9.17, 15) is 22.8 Å². The highest BCUT2D eigenvalue weighted by atomic mass is 19.4. The zero-order valence-corrected chi connectivity index (χ0v) is 14.4. The molecule has 0 radical (unpaired) electrons. The molecule has 7 nitrogen and oxygen atoms in total. The summed E-state index contributed by atoms with van der Waals surface area (Å²) >= 11 is 0. The molecular formula is C17H17F3N4O3. The Kier molecular flexibility index (Phi) is 5.15. The quantitative estimate of drug-likeness (QED) is 0.853.